The van der Waals surface area contributed by atoms with E-state index in [2.05, 4.69) is 9.97 Å². The Morgan fingerprint density at radius 3 is 3.05 bits per heavy atom. The zero-order chi connectivity index (χ0) is 13.2. The highest BCUT2D eigenvalue weighted by Gasteiger charge is 2.12. The van der Waals surface area contributed by atoms with Gasteiger partial charge in [0.15, 0.2) is 0 Å². The van der Waals surface area contributed by atoms with Gasteiger partial charge in [-0.2, -0.15) is 11.3 Å². The molecule has 4 nitrogen and oxygen atoms in total. The average molecular weight is 270 g/mol. The van der Waals surface area contributed by atoms with Crippen LogP contribution in [0.2, 0.25) is 0 Å². The van der Waals surface area contributed by atoms with E-state index in [1.807, 2.05) is 22.9 Å². The van der Waals surface area contributed by atoms with Gasteiger partial charge in [0.1, 0.15) is 5.65 Å². The van der Waals surface area contributed by atoms with E-state index >= 15 is 0 Å². The molecule has 0 saturated heterocycles. The van der Waals surface area contributed by atoms with Crippen molar-refractivity contribution < 1.29 is 9.90 Å². The third kappa shape index (κ3) is 2.15. The molecule has 0 fully saturated rings. The smallest absolute Gasteiger partial charge is 0.336 e. The van der Waals surface area contributed by atoms with Gasteiger partial charge in [-0.3, -0.25) is 0 Å². The molecule has 2 N–H and O–H groups in total. The zero-order valence-corrected chi connectivity index (χ0v) is 10.6. The molecule has 0 bridgehead atoms. The highest BCUT2D eigenvalue weighted by atomic mass is 32.1. The Morgan fingerprint density at radius 1 is 1.42 bits per heavy atom. The number of hydrogen-bond acceptors (Lipinski definition) is 3. The summed E-state index contributed by atoms with van der Waals surface area (Å²) < 4.78 is 0. The van der Waals surface area contributed by atoms with Gasteiger partial charge in [-0.15, -0.1) is 0 Å². The molecule has 3 aromatic heterocycles. The van der Waals surface area contributed by atoms with Gasteiger partial charge in [-0.25, -0.2) is 9.78 Å². The maximum atomic E-state index is 11.4. The minimum atomic E-state index is -0.934. The Balaban J connectivity index is 2.15. The number of fused-ring (bicyclic) bond motifs is 1. The van der Waals surface area contributed by atoms with Crippen LogP contribution in [0.3, 0.4) is 0 Å². The van der Waals surface area contributed by atoms with E-state index < -0.39 is 5.97 Å². The van der Waals surface area contributed by atoms with Crippen LogP contribution in [0.25, 0.3) is 22.7 Å². The first-order chi connectivity index (χ1) is 9.25. The van der Waals surface area contributed by atoms with E-state index in [-0.39, 0.29) is 5.57 Å². The first kappa shape index (κ1) is 11.7. The van der Waals surface area contributed by atoms with Crippen molar-refractivity contribution in [3.63, 3.8) is 0 Å². The summed E-state index contributed by atoms with van der Waals surface area (Å²) >= 11 is 1.48. The van der Waals surface area contributed by atoms with Crippen molar-refractivity contribution in [2.24, 2.45) is 0 Å². The number of pyridine rings is 1. The molecule has 3 heterocycles. The molecule has 0 aromatic carbocycles. The fourth-order valence-corrected chi connectivity index (χ4v) is 2.59. The lowest BCUT2D eigenvalue weighted by Crippen LogP contribution is -1.98. The van der Waals surface area contributed by atoms with Crippen LogP contribution >= 0.6 is 11.3 Å². The Bertz CT molecular complexity index is 757. The van der Waals surface area contributed by atoms with Gasteiger partial charge in [0, 0.05) is 23.3 Å². The van der Waals surface area contributed by atoms with Crippen LogP contribution in [0.1, 0.15) is 11.1 Å². The quantitative estimate of drug-likeness (QED) is 0.718. The minimum Gasteiger partial charge on any atom is -0.478 e. The Kier molecular flexibility index (Phi) is 2.89. The predicted octanol–water partition coefficient (Wildman–Crippen LogP) is 3.25. The Hall–Kier alpha value is -2.40. The second kappa shape index (κ2) is 4.70. The molecule has 5 heteroatoms. The molecular formula is C14H10N2O2S. The van der Waals surface area contributed by atoms with Gasteiger partial charge >= 0.3 is 5.97 Å². The van der Waals surface area contributed by atoms with Gasteiger partial charge < -0.3 is 10.1 Å². The van der Waals surface area contributed by atoms with Crippen molar-refractivity contribution in [1.82, 2.24) is 9.97 Å². The van der Waals surface area contributed by atoms with Gasteiger partial charge in [-0.1, -0.05) is 0 Å². The van der Waals surface area contributed by atoms with E-state index in [4.69, 9.17) is 0 Å². The van der Waals surface area contributed by atoms with Gasteiger partial charge in [0.25, 0.3) is 0 Å². The lowest BCUT2D eigenvalue weighted by Gasteiger charge is -1.99. The molecule has 0 amide bonds. The SMILES string of the molecule is O=C(O)C(=Cc1c[nH]c2ncccc12)c1ccsc1. The first-order valence-electron chi connectivity index (χ1n) is 5.65. The van der Waals surface area contributed by atoms with Crippen molar-refractivity contribution in [3.05, 3.63) is 52.5 Å². The fourth-order valence-electron chi connectivity index (χ4n) is 1.94. The topological polar surface area (TPSA) is 66.0 Å². The number of carboxylic acid groups (broad SMARTS) is 1. The summed E-state index contributed by atoms with van der Waals surface area (Å²) in [7, 11) is 0. The summed E-state index contributed by atoms with van der Waals surface area (Å²) in [4.78, 5) is 18.6. The molecule has 0 atom stereocenters. The number of carboxylic acids is 1. The summed E-state index contributed by atoms with van der Waals surface area (Å²) in [5, 5.41) is 13.9. The van der Waals surface area contributed by atoms with Crippen molar-refractivity contribution in [3.8, 4) is 0 Å². The number of rotatable bonds is 3. The number of nitrogens with zero attached hydrogens (tertiary/aromatic N) is 1. The van der Waals surface area contributed by atoms with Crippen molar-refractivity contribution >= 4 is 40.0 Å². The second-order valence-electron chi connectivity index (χ2n) is 4.02. The average Bonchev–Trinajstić information content (AvgIpc) is 3.05. The van der Waals surface area contributed by atoms with E-state index in [1.54, 1.807) is 24.5 Å². The Labute approximate surface area is 113 Å². The maximum absolute atomic E-state index is 11.4. The molecule has 0 unspecified atom stereocenters. The zero-order valence-electron chi connectivity index (χ0n) is 9.83. The van der Waals surface area contributed by atoms with Gasteiger partial charge in [-0.05, 0) is 40.6 Å². The molecule has 0 spiro atoms. The van der Waals surface area contributed by atoms with Crippen LogP contribution < -0.4 is 0 Å². The molecule has 0 saturated carbocycles. The fraction of sp³-hybridized carbons (Fsp3) is 0. The van der Waals surface area contributed by atoms with Crippen molar-refractivity contribution in [2.75, 3.05) is 0 Å². The number of H-pyrrole nitrogens is 1. The van der Waals surface area contributed by atoms with Crippen LogP contribution in [0.15, 0.2) is 41.4 Å². The van der Waals surface area contributed by atoms with Crippen LogP contribution in [-0.4, -0.2) is 21.0 Å². The third-order valence-corrected chi connectivity index (χ3v) is 3.53. The number of aromatic amines is 1. The molecule has 0 aliphatic heterocycles. The van der Waals surface area contributed by atoms with Crippen molar-refractivity contribution in [2.45, 2.75) is 0 Å². The standard InChI is InChI=1S/C14H10N2O2S/c17-14(18)12(9-3-5-19-8-9)6-10-7-16-13-11(10)2-1-4-15-13/h1-8H,(H,15,16)(H,17,18). The Morgan fingerprint density at radius 2 is 2.32 bits per heavy atom. The number of nitrogens with one attached hydrogen (secondary N) is 1. The van der Waals surface area contributed by atoms with Crippen molar-refractivity contribution in [1.29, 1.82) is 0 Å². The molecule has 0 aliphatic rings. The normalized spacial score (nSPS) is 11.9. The van der Waals surface area contributed by atoms with Crippen LogP contribution in [0.5, 0.6) is 0 Å². The molecule has 0 radical (unpaired) electrons. The molecule has 94 valence electrons. The highest BCUT2D eigenvalue weighted by molar-refractivity contribution is 7.08. The third-order valence-electron chi connectivity index (χ3n) is 2.85. The lowest BCUT2D eigenvalue weighted by atomic mass is 10.1. The minimum absolute atomic E-state index is 0.283. The summed E-state index contributed by atoms with van der Waals surface area (Å²) in [6.45, 7) is 0. The number of hydrogen-bond donors (Lipinski definition) is 2. The lowest BCUT2D eigenvalue weighted by molar-refractivity contribution is -0.130. The summed E-state index contributed by atoms with van der Waals surface area (Å²) in [6.07, 6.45) is 5.14. The number of aromatic nitrogens is 2. The number of thiophene rings is 1. The van der Waals surface area contributed by atoms with Crippen LogP contribution in [0.4, 0.5) is 0 Å². The van der Waals surface area contributed by atoms with Crippen LogP contribution in [0, 0.1) is 0 Å². The van der Waals surface area contributed by atoms with E-state index in [1.165, 1.54) is 11.3 Å². The van der Waals surface area contributed by atoms with Gasteiger partial charge in [0.05, 0.1) is 5.57 Å². The predicted molar refractivity (Wildman–Crippen MR) is 75.9 cm³/mol. The van der Waals surface area contributed by atoms with E-state index in [0.717, 1.165) is 22.2 Å². The largest absolute Gasteiger partial charge is 0.478 e. The summed E-state index contributed by atoms with van der Waals surface area (Å²) in [6, 6.07) is 5.55. The van der Waals surface area contributed by atoms with Gasteiger partial charge in [0.2, 0.25) is 0 Å². The second-order valence-corrected chi connectivity index (χ2v) is 4.80. The number of aliphatic carboxylic acids is 1. The molecule has 3 aromatic rings. The van der Waals surface area contributed by atoms with Crippen LogP contribution in [-0.2, 0) is 4.79 Å². The van der Waals surface area contributed by atoms with E-state index in [0.29, 0.717) is 0 Å². The molecule has 19 heavy (non-hydrogen) atoms. The number of carbonyl (C=O) groups is 1. The molecular weight excluding hydrogens is 260 g/mol. The molecule has 3 rings (SSSR count). The summed E-state index contributed by atoms with van der Waals surface area (Å²) in [5.41, 5.74) is 2.58. The first-order valence-corrected chi connectivity index (χ1v) is 6.59. The monoisotopic (exact) mass is 270 g/mol. The van der Waals surface area contributed by atoms with E-state index in [9.17, 15) is 9.90 Å². The summed E-state index contributed by atoms with van der Waals surface area (Å²) in [5.74, 6) is -0.934. The highest BCUT2D eigenvalue weighted by Crippen LogP contribution is 2.24. The maximum Gasteiger partial charge on any atom is 0.336 e. The molecule has 0 aliphatic carbocycles.